The average Bonchev–Trinajstić information content (AvgIpc) is 2.55. The van der Waals surface area contributed by atoms with Crippen LogP contribution in [0, 0.1) is 10.1 Å². The van der Waals surface area contributed by atoms with Crippen LogP contribution in [0.1, 0.15) is 0 Å². The van der Waals surface area contributed by atoms with E-state index in [1.165, 1.54) is 18.2 Å². The van der Waals surface area contributed by atoms with Crippen molar-refractivity contribution in [2.24, 2.45) is 0 Å². The number of nitrogens with zero attached hydrogens (tertiary/aromatic N) is 1. The zero-order chi connectivity index (χ0) is 15.5. The van der Waals surface area contributed by atoms with Crippen molar-refractivity contribution in [2.75, 3.05) is 0 Å². The normalized spacial score (nSPS) is 10.4. The fourth-order valence-electron chi connectivity index (χ4n) is 2.20. The zero-order valence-electron chi connectivity index (χ0n) is 11.4. The molecule has 108 valence electrons. The lowest BCUT2D eigenvalue weighted by Gasteiger charge is -2.05. The van der Waals surface area contributed by atoms with Crippen LogP contribution in [0.25, 0.3) is 22.6 Å². The van der Waals surface area contributed by atoms with Crippen LogP contribution in [0.15, 0.2) is 75.9 Å². The third-order valence-electron chi connectivity index (χ3n) is 3.19. The van der Waals surface area contributed by atoms with Gasteiger partial charge in [0.1, 0.15) is 11.5 Å². The van der Waals surface area contributed by atoms with Crippen LogP contribution in [-0.2, 0) is 0 Å². The molecule has 1 aromatic heterocycles. The van der Waals surface area contributed by atoms with Gasteiger partial charge in [-0.25, -0.2) is 0 Å². The van der Waals surface area contributed by atoms with Gasteiger partial charge in [-0.3, -0.25) is 14.9 Å². The summed E-state index contributed by atoms with van der Waals surface area (Å²) in [6.07, 6.45) is 0. The molecule has 0 saturated heterocycles. The summed E-state index contributed by atoms with van der Waals surface area (Å²) >= 11 is 0. The smallest absolute Gasteiger partial charge is 0.280 e. The molecule has 0 spiro atoms. The van der Waals surface area contributed by atoms with E-state index in [2.05, 4.69) is 0 Å². The van der Waals surface area contributed by atoms with Crippen LogP contribution in [0.5, 0.6) is 0 Å². The molecule has 0 N–H and O–H groups in total. The highest BCUT2D eigenvalue weighted by Gasteiger charge is 2.17. The summed E-state index contributed by atoms with van der Waals surface area (Å²) in [5, 5.41) is 11.1. The standard InChI is InChI=1S/C17H11NO4/c19-13-10-16(12-6-2-1-3-7-12)22-17(11-13)14-8-4-5-9-15(14)18(20)21/h1-11H. The summed E-state index contributed by atoms with van der Waals surface area (Å²) < 4.78 is 5.72. The van der Waals surface area contributed by atoms with Crippen molar-refractivity contribution < 1.29 is 9.34 Å². The fourth-order valence-corrected chi connectivity index (χ4v) is 2.20. The molecule has 1 heterocycles. The van der Waals surface area contributed by atoms with E-state index in [-0.39, 0.29) is 22.4 Å². The average molecular weight is 293 g/mol. The maximum atomic E-state index is 11.9. The predicted octanol–water partition coefficient (Wildman–Crippen LogP) is 3.88. The first-order chi connectivity index (χ1) is 10.6. The Balaban J connectivity index is 2.20. The molecule has 0 unspecified atom stereocenters. The molecular weight excluding hydrogens is 282 g/mol. The van der Waals surface area contributed by atoms with Crippen LogP contribution < -0.4 is 5.43 Å². The lowest BCUT2D eigenvalue weighted by atomic mass is 10.1. The molecule has 5 heteroatoms. The number of nitro benzene ring substituents is 1. The zero-order valence-corrected chi connectivity index (χ0v) is 11.4. The molecule has 0 atom stereocenters. The van der Waals surface area contributed by atoms with Gasteiger partial charge >= 0.3 is 0 Å². The number of hydrogen-bond acceptors (Lipinski definition) is 4. The van der Waals surface area contributed by atoms with Gasteiger partial charge < -0.3 is 4.42 Å². The molecule has 2 aromatic carbocycles. The second-order valence-electron chi connectivity index (χ2n) is 4.66. The lowest BCUT2D eigenvalue weighted by molar-refractivity contribution is -0.384. The number of benzene rings is 2. The third-order valence-corrected chi connectivity index (χ3v) is 3.19. The maximum absolute atomic E-state index is 11.9. The van der Waals surface area contributed by atoms with Gasteiger partial charge in [-0.15, -0.1) is 0 Å². The molecule has 0 fully saturated rings. The van der Waals surface area contributed by atoms with Gasteiger partial charge in [0.15, 0.2) is 5.43 Å². The monoisotopic (exact) mass is 293 g/mol. The second-order valence-corrected chi connectivity index (χ2v) is 4.66. The summed E-state index contributed by atoms with van der Waals surface area (Å²) in [4.78, 5) is 22.5. The molecule has 0 amide bonds. The summed E-state index contributed by atoms with van der Waals surface area (Å²) in [5.41, 5.74) is 0.650. The van der Waals surface area contributed by atoms with E-state index < -0.39 is 4.92 Å². The van der Waals surface area contributed by atoms with Crippen LogP contribution in [0.3, 0.4) is 0 Å². The minimum Gasteiger partial charge on any atom is -0.456 e. The molecule has 3 aromatic rings. The molecule has 0 aliphatic heterocycles. The first kappa shape index (κ1) is 13.8. The number of rotatable bonds is 3. The maximum Gasteiger partial charge on any atom is 0.280 e. The van der Waals surface area contributed by atoms with E-state index in [0.29, 0.717) is 5.76 Å². The van der Waals surface area contributed by atoms with E-state index >= 15 is 0 Å². The molecule has 0 bridgehead atoms. The van der Waals surface area contributed by atoms with Gasteiger partial charge in [0.05, 0.1) is 10.5 Å². The van der Waals surface area contributed by atoms with Gasteiger partial charge in [-0.1, -0.05) is 42.5 Å². The second kappa shape index (κ2) is 5.65. The van der Waals surface area contributed by atoms with E-state index in [4.69, 9.17) is 4.42 Å². The van der Waals surface area contributed by atoms with Crippen LogP contribution >= 0.6 is 0 Å². The predicted molar refractivity (Wildman–Crippen MR) is 82.5 cm³/mol. The van der Waals surface area contributed by atoms with E-state index in [1.54, 1.807) is 18.2 Å². The Morgan fingerprint density at radius 3 is 2.23 bits per heavy atom. The molecule has 0 aliphatic rings. The van der Waals surface area contributed by atoms with Crippen LogP contribution in [0.4, 0.5) is 5.69 Å². The molecule has 0 aliphatic carbocycles. The van der Waals surface area contributed by atoms with Crippen LogP contribution in [-0.4, -0.2) is 4.92 Å². The molecule has 5 nitrogen and oxygen atoms in total. The van der Waals surface area contributed by atoms with Crippen molar-refractivity contribution in [2.45, 2.75) is 0 Å². The Bertz CT molecular complexity index is 884. The summed E-state index contributed by atoms with van der Waals surface area (Å²) in [7, 11) is 0. The van der Waals surface area contributed by atoms with Gasteiger partial charge in [-0.2, -0.15) is 0 Å². The van der Waals surface area contributed by atoms with Crippen molar-refractivity contribution >= 4 is 5.69 Å². The van der Waals surface area contributed by atoms with Crippen molar-refractivity contribution in [3.05, 3.63) is 87.1 Å². The number of nitro groups is 1. The minimum absolute atomic E-state index is 0.101. The SMILES string of the molecule is O=c1cc(-c2ccccc2)oc(-c2ccccc2[N+](=O)[O-])c1. The van der Waals surface area contributed by atoms with E-state index in [9.17, 15) is 14.9 Å². The highest BCUT2D eigenvalue weighted by molar-refractivity contribution is 5.70. The molecule has 0 radical (unpaired) electrons. The van der Waals surface area contributed by atoms with E-state index in [1.807, 2.05) is 30.3 Å². The highest BCUT2D eigenvalue weighted by atomic mass is 16.6. The summed E-state index contributed by atoms with van der Waals surface area (Å²) in [6.45, 7) is 0. The molecular formula is C17H11NO4. The first-order valence-electron chi connectivity index (χ1n) is 6.59. The Hall–Kier alpha value is -3.21. The Labute approximate surface area is 125 Å². The van der Waals surface area contributed by atoms with Gasteiger partial charge in [0, 0.05) is 23.8 Å². The number of hydrogen-bond donors (Lipinski definition) is 0. The Kier molecular flexibility index (Phi) is 3.53. The number of para-hydroxylation sites is 1. The van der Waals surface area contributed by atoms with Gasteiger partial charge in [0.25, 0.3) is 5.69 Å². The van der Waals surface area contributed by atoms with Crippen molar-refractivity contribution in [1.29, 1.82) is 0 Å². The summed E-state index contributed by atoms with van der Waals surface area (Å²) in [6, 6.07) is 17.9. The topological polar surface area (TPSA) is 73.3 Å². The minimum atomic E-state index is -0.496. The van der Waals surface area contributed by atoms with Crippen LogP contribution in [0.2, 0.25) is 0 Å². The third kappa shape index (κ3) is 2.64. The molecule has 0 saturated carbocycles. The van der Waals surface area contributed by atoms with E-state index in [0.717, 1.165) is 5.56 Å². The van der Waals surface area contributed by atoms with Crippen molar-refractivity contribution in [3.8, 4) is 22.6 Å². The quantitative estimate of drug-likeness (QED) is 0.542. The largest absolute Gasteiger partial charge is 0.456 e. The van der Waals surface area contributed by atoms with Gasteiger partial charge in [-0.05, 0) is 6.07 Å². The van der Waals surface area contributed by atoms with Gasteiger partial charge in [0.2, 0.25) is 0 Å². The first-order valence-corrected chi connectivity index (χ1v) is 6.59. The highest BCUT2D eigenvalue weighted by Crippen LogP contribution is 2.31. The molecule has 22 heavy (non-hydrogen) atoms. The Morgan fingerprint density at radius 1 is 0.864 bits per heavy atom. The molecule has 3 rings (SSSR count). The lowest BCUT2D eigenvalue weighted by Crippen LogP contribution is -2.00. The van der Waals surface area contributed by atoms with Crippen molar-refractivity contribution in [3.63, 3.8) is 0 Å². The van der Waals surface area contributed by atoms with Crippen molar-refractivity contribution in [1.82, 2.24) is 0 Å². The fraction of sp³-hybridized carbons (Fsp3) is 0. The Morgan fingerprint density at radius 2 is 1.50 bits per heavy atom. The summed E-state index contributed by atoms with van der Waals surface area (Å²) in [5.74, 6) is 0.555.